The van der Waals surface area contributed by atoms with Gasteiger partial charge in [-0.25, -0.2) is 4.98 Å². The van der Waals surface area contributed by atoms with E-state index in [1.54, 1.807) is 12.1 Å². The maximum absolute atomic E-state index is 12.6. The van der Waals surface area contributed by atoms with E-state index in [1.807, 2.05) is 12.1 Å². The van der Waals surface area contributed by atoms with Crippen molar-refractivity contribution in [3.05, 3.63) is 52.3 Å². The molecule has 1 aromatic heterocycles. The van der Waals surface area contributed by atoms with Gasteiger partial charge in [0, 0.05) is 16.1 Å². The Balaban J connectivity index is 2.19. The van der Waals surface area contributed by atoms with Gasteiger partial charge in [-0.05, 0) is 6.07 Å². The summed E-state index contributed by atoms with van der Waals surface area (Å²) in [6, 6.07) is 8.05. The molecule has 2 aromatic rings. The predicted octanol–water partition coefficient (Wildman–Crippen LogP) is 4.02. The molecule has 3 nitrogen and oxygen atoms in total. The van der Waals surface area contributed by atoms with Crippen LogP contribution in [0.3, 0.4) is 0 Å². The van der Waals surface area contributed by atoms with Gasteiger partial charge in [-0.15, -0.1) is 0 Å². The maximum atomic E-state index is 12.6. The summed E-state index contributed by atoms with van der Waals surface area (Å²) in [5, 5.41) is 0. The molecule has 0 aliphatic heterocycles. The molecule has 0 aliphatic carbocycles. The van der Waals surface area contributed by atoms with Crippen molar-refractivity contribution in [3.63, 3.8) is 0 Å². The second kappa shape index (κ2) is 5.70. The number of benzene rings is 1. The molecule has 0 atom stereocenters. The van der Waals surface area contributed by atoms with Crippen molar-refractivity contribution >= 4 is 21.6 Å². The van der Waals surface area contributed by atoms with Crippen LogP contribution in [0.2, 0.25) is 0 Å². The van der Waals surface area contributed by atoms with E-state index in [9.17, 15) is 13.2 Å². The number of halogens is 4. The van der Waals surface area contributed by atoms with Crippen molar-refractivity contribution in [2.24, 2.45) is 0 Å². The van der Waals surface area contributed by atoms with Crippen molar-refractivity contribution in [2.75, 3.05) is 5.73 Å². The van der Waals surface area contributed by atoms with Gasteiger partial charge in [0.25, 0.3) is 0 Å². The Morgan fingerprint density at radius 3 is 2.60 bits per heavy atom. The standard InChI is InChI=1S/C13H10BrF3N2O/c14-9-4-2-1-3-8(9)7-20-11-5-12(13(15,16)17)19-6-10(11)18/h1-6H,7,18H2. The molecule has 1 aromatic carbocycles. The van der Waals surface area contributed by atoms with Crippen LogP contribution < -0.4 is 10.5 Å². The highest BCUT2D eigenvalue weighted by Crippen LogP contribution is 2.32. The van der Waals surface area contributed by atoms with E-state index < -0.39 is 11.9 Å². The average Bonchev–Trinajstić information content (AvgIpc) is 2.38. The highest BCUT2D eigenvalue weighted by atomic mass is 79.9. The number of nitrogens with zero attached hydrogens (tertiary/aromatic N) is 1. The Morgan fingerprint density at radius 1 is 1.25 bits per heavy atom. The fraction of sp³-hybridized carbons (Fsp3) is 0.154. The Kier molecular flexibility index (Phi) is 4.17. The first-order chi connectivity index (χ1) is 9.38. The van der Waals surface area contributed by atoms with Gasteiger partial charge in [0.1, 0.15) is 18.1 Å². The monoisotopic (exact) mass is 346 g/mol. The van der Waals surface area contributed by atoms with E-state index in [2.05, 4.69) is 20.9 Å². The molecular weight excluding hydrogens is 337 g/mol. The summed E-state index contributed by atoms with van der Waals surface area (Å²) in [6.07, 6.45) is -3.59. The first-order valence-electron chi connectivity index (χ1n) is 5.57. The molecule has 0 saturated carbocycles. The molecule has 0 saturated heterocycles. The number of anilines is 1. The number of hydrogen-bond donors (Lipinski definition) is 1. The van der Waals surface area contributed by atoms with Crippen LogP contribution >= 0.6 is 15.9 Å². The quantitative estimate of drug-likeness (QED) is 0.912. The summed E-state index contributed by atoms with van der Waals surface area (Å²) in [7, 11) is 0. The van der Waals surface area contributed by atoms with Crippen molar-refractivity contribution in [3.8, 4) is 5.75 Å². The molecular formula is C13H10BrF3N2O. The fourth-order valence-corrected chi connectivity index (χ4v) is 1.90. The predicted molar refractivity (Wildman–Crippen MR) is 72.1 cm³/mol. The molecule has 2 N–H and O–H groups in total. The van der Waals surface area contributed by atoms with Gasteiger partial charge in [0.05, 0.1) is 11.9 Å². The number of aromatic nitrogens is 1. The van der Waals surface area contributed by atoms with E-state index in [0.29, 0.717) is 0 Å². The smallest absolute Gasteiger partial charge is 0.433 e. The SMILES string of the molecule is Nc1cnc(C(F)(F)F)cc1OCc1ccccc1Br. The number of ether oxygens (including phenoxy) is 1. The van der Waals surface area contributed by atoms with E-state index in [1.165, 1.54) is 0 Å². The first-order valence-corrected chi connectivity index (χ1v) is 6.36. The Hall–Kier alpha value is -1.76. The van der Waals surface area contributed by atoms with Crippen LogP contribution in [0.4, 0.5) is 18.9 Å². The van der Waals surface area contributed by atoms with Gasteiger partial charge in [-0.2, -0.15) is 13.2 Å². The van der Waals surface area contributed by atoms with Gasteiger partial charge in [0.15, 0.2) is 0 Å². The second-order valence-electron chi connectivity index (χ2n) is 3.99. The maximum Gasteiger partial charge on any atom is 0.433 e. The van der Waals surface area contributed by atoms with Gasteiger partial charge in [-0.3, -0.25) is 0 Å². The van der Waals surface area contributed by atoms with Crippen molar-refractivity contribution in [1.82, 2.24) is 4.98 Å². The molecule has 0 unspecified atom stereocenters. The van der Waals surface area contributed by atoms with Crippen LogP contribution in [0.1, 0.15) is 11.3 Å². The van der Waals surface area contributed by atoms with Crippen LogP contribution in [-0.2, 0) is 12.8 Å². The Morgan fingerprint density at radius 2 is 1.95 bits per heavy atom. The number of nitrogens with two attached hydrogens (primary N) is 1. The number of pyridine rings is 1. The first kappa shape index (κ1) is 14.6. The average molecular weight is 347 g/mol. The summed E-state index contributed by atoms with van der Waals surface area (Å²) in [6.45, 7) is 0.104. The van der Waals surface area contributed by atoms with Crippen LogP contribution in [0.15, 0.2) is 41.0 Å². The van der Waals surface area contributed by atoms with Crippen LogP contribution in [0.5, 0.6) is 5.75 Å². The van der Waals surface area contributed by atoms with Crippen molar-refractivity contribution in [2.45, 2.75) is 12.8 Å². The summed E-state index contributed by atoms with van der Waals surface area (Å²) < 4.78 is 43.8. The summed E-state index contributed by atoms with van der Waals surface area (Å²) >= 11 is 3.33. The van der Waals surface area contributed by atoms with Crippen molar-refractivity contribution < 1.29 is 17.9 Å². The molecule has 0 radical (unpaired) electrons. The number of rotatable bonds is 3. The molecule has 106 valence electrons. The third kappa shape index (κ3) is 3.41. The molecule has 20 heavy (non-hydrogen) atoms. The van der Waals surface area contributed by atoms with Crippen LogP contribution in [0, 0.1) is 0 Å². The fourth-order valence-electron chi connectivity index (χ4n) is 1.50. The molecule has 0 aliphatic rings. The largest absolute Gasteiger partial charge is 0.487 e. The lowest BCUT2D eigenvalue weighted by Crippen LogP contribution is -2.09. The minimum Gasteiger partial charge on any atom is -0.487 e. The summed E-state index contributed by atoms with van der Waals surface area (Å²) in [5.41, 5.74) is 5.40. The van der Waals surface area contributed by atoms with E-state index in [-0.39, 0.29) is 18.0 Å². The third-order valence-corrected chi connectivity index (χ3v) is 3.30. The lowest BCUT2D eigenvalue weighted by molar-refractivity contribution is -0.141. The zero-order valence-corrected chi connectivity index (χ0v) is 11.7. The number of nitrogen functional groups attached to an aromatic ring is 1. The lowest BCUT2D eigenvalue weighted by atomic mass is 10.2. The Labute approximate surface area is 121 Å². The number of alkyl halides is 3. The van der Waals surface area contributed by atoms with E-state index in [0.717, 1.165) is 22.3 Å². The summed E-state index contributed by atoms with van der Waals surface area (Å²) in [4.78, 5) is 3.24. The molecule has 7 heteroatoms. The lowest BCUT2D eigenvalue weighted by Gasteiger charge is -2.12. The van der Waals surface area contributed by atoms with Gasteiger partial charge < -0.3 is 10.5 Å². The van der Waals surface area contributed by atoms with Crippen LogP contribution in [0.25, 0.3) is 0 Å². The highest BCUT2D eigenvalue weighted by molar-refractivity contribution is 9.10. The molecule has 1 heterocycles. The molecule has 2 rings (SSSR count). The van der Waals surface area contributed by atoms with E-state index in [4.69, 9.17) is 10.5 Å². The summed E-state index contributed by atoms with van der Waals surface area (Å²) in [5.74, 6) is -0.0388. The van der Waals surface area contributed by atoms with Gasteiger partial charge in [-0.1, -0.05) is 34.1 Å². The minimum absolute atomic E-state index is 0.0388. The highest BCUT2D eigenvalue weighted by Gasteiger charge is 2.33. The third-order valence-electron chi connectivity index (χ3n) is 2.53. The molecule has 0 spiro atoms. The van der Waals surface area contributed by atoms with Gasteiger partial charge >= 0.3 is 6.18 Å². The van der Waals surface area contributed by atoms with E-state index >= 15 is 0 Å². The normalized spacial score (nSPS) is 11.4. The minimum atomic E-state index is -4.53. The van der Waals surface area contributed by atoms with Crippen LogP contribution in [-0.4, -0.2) is 4.98 Å². The number of hydrogen-bond acceptors (Lipinski definition) is 3. The molecule has 0 fully saturated rings. The Bertz CT molecular complexity index is 617. The molecule has 0 bridgehead atoms. The second-order valence-corrected chi connectivity index (χ2v) is 4.84. The topological polar surface area (TPSA) is 48.1 Å². The zero-order chi connectivity index (χ0) is 14.8. The van der Waals surface area contributed by atoms with Gasteiger partial charge in [0.2, 0.25) is 0 Å². The molecule has 0 amide bonds. The zero-order valence-electron chi connectivity index (χ0n) is 10.1. The van der Waals surface area contributed by atoms with Crippen molar-refractivity contribution in [1.29, 1.82) is 0 Å².